The van der Waals surface area contributed by atoms with Gasteiger partial charge in [0.2, 0.25) is 0 Å². The van der Waals surface area contributed by atoms with E-state index in [1.165, 1.54) is 24.3 Å². The van der Waals surface area contributed by atoms with Gasteiger partial charge in [0, 0.05) is 17.5 Å². The lowest BCUT2D eigenvalue weighted by Gasteiger charge is -2.13. The summed E-state index contributed by atoms with van der Waals surface area (Å²) in [5.74, 6) is -1.88. The molecule has 5 N–H and O–H groups in total. The number of guanidine groups is 1. The molecule has 2 aromatic carbocycles. The van der Waals surface area contributed by atoms with Crippen LogP contribution in [0.25, 0.3) is 0 Å². The lowest BCUT2D eigenvalue weighted by molar-refractivity contribution is 0.0976. The number of amides is 1. The standard InChI is InChI=1S/C15H14ClFN4O3S/c1-25(23,24)13-6-8(14(22)21-15(18)19)2-5-12(13)20-9-3-4-11(17)10(16)7-9/h2-7,20H,1H3,(H4,18,19,21,22). The predicted octanol–water partition coefficient (Wildman–Crippen LogP) is 2.25. The van der Waals surface area contributed by atoms with E-state index in [9.17, 15) is 17.6 Å². The third kappa shape index (κ3) is 4.68. The molecule has 2 rings (SSSR count). The Morgan fingerprint density at radius 1 is 1.24 bits per heavy atom. The minimum absolute atomic E-state index is 0.0123. The highest BCUT2D eigenvalue weighted by Crippen LogP contribution is 2.28. The number of hydrogen-bond acceptors (Lipinski definition) is 5. The highest BCUT2D eigenvalue weighted by atomic mass is 35.5. The molecule has 0 saturated carbocycles. The third-order valence-corrected chi connectivity index (χ3v) is 4.52. The molecule has 0 saturated heterocycles. The molecule has 0 unspecified atom stereocenters. The quantitative estimate of drug-likeness (QED) is 0.475. The molecule has 2 aromatic rings. The molecule has 0 aromatic heterocycles. The first kappa shape index (κ1) is 18.7. The van der Waals surface area contributed by atoms with Crippen molar-refractivity contribution in [1.29, 1.82) is 5.41 Å². The topological polar surface area (TPSA) is 125 Å². The van der Waals surface area contributed by atoms with E-state index in [4.69, 9.17) is 22.7 Å². The van der Waals surface area contributed by atoms with Gasteiger partial charge in [0.25, 0.3) is 5.91 Å². The number of nitrogens with two attached hydrogens (primary N) is 1. The summed E-state index contributed by atoms with van der Waals surface area (Å²) in [6.45, 7) is 0. The lowest BCUT2D eigenvalue weighted by atomic mass is 10.2. The summed E-state index contributed by atoms with van der Waals surface area (Å²) >= 11 is 5.71. The molecule has 0 aliphatic rings. The summed E-state index contributed by atoms with van der Waals surface area (Å²) in [4.78, 5) is 11.7. The Bertz CT molecular complexity index is 963. The number of sulfone groups is 1. The summed E-state index contributed by atoms with van der Waals surface area (Å²) in [5.41, 5.74) is 5.66. The molecule has 7 nitrogen and oxygen atoms in total. The van der Waals surface area contributed by atoms with E-state index < -0.39 is 27.5 Å². The maximum absolute atomic E-state index is 13.2. The summed E-state index contributed by atoms with van der Waals surface area (Å²) in [7, 11) is -3.69. The lowest BCUT2D eigenvalue weighted by Crippen LogP contribution is -2.35. The smallest absolute Gasteiger partial charge is 0.257 e. The van der Waals surface area contributed by atoms with Crippen molar-refractivity contribution >= 4 is 44.7 Å². The highest BCUT2D eigenvalue weighted by Gasteiger charge is 2.17. The molecule has 1 amide bonds. The van der Waals surface area contributed by atoms with E-state index in [0.29, 0.717) is 5.69 Å². The van der Waals surface area contributed by atoms with Crippen LogP contribution in [0.15, 0.2) is 41.3 Å². The number of benzene rings is 2. The van der Waals surface area contributed by atoms with Crippen molar-refractivity contribution in [1.82, 2.24) is 5.32 Å². The zero-order valence-corrected chi connectivity index (χ0v) is 14.5. The SMILES string of the molecule is CS(=O)(=O)c1cc(C(=O)NC(=N)N)ccc1Nc1ccc(F)c(Cl)c1. The van der Waals surface area contributed by atoms with E-state index in [2.05, 4.69) is 10.6 Å². The van der Waals surface area contributed by atoms with E-state index >= 15 is 0 Å². The molecule has 0 aliphatic carbocycles. The number of rotatable bonds is 4. The largest absolute Gasteiger partial charge is 0.370 e. The van der Waals surface area contributed by atoms with Crippen molar-refractivity contribution < 1.29 is 17.6 Å². The Labute approximate surface area is 148 Å². The molecule has 0 fully saturated rings. The second-order valence-electron chi connectivity index (χ2n) is 5.10. The molecular formula is C15H14ClFN4O3S. The summed E-state index contributed by atoms with van der Waals surface area (Å²) in [5, 5.41) is 11.8. The van der Waals surface area contributed by atoms with Gasteiger partial charge in [-0.1, -0.05) is 11.6 Å². The Hall–Kier alpha value is -2.65. The van der Waals surface area contributed by atoms with Gasteiger partial charge in [-0.05, 0) is 36.4 Å². The average molecular weight is 385 g/mol. The van der Waals surface area contributed by atoms with Crippen molar-refractivity contribution in [3.05, 3.63) is 52.8 Å². The molecule has 0 aliphatic heterocycles. The van der Waals surface area contributed by atoms with Crippen LogP contribution in [0, 0.1) is 11.2 Å². The van der Waals surface area contributed by atoms with E-state index in [-0.39, 0.29) is 21.2 Å². The van der Waals surface area contributed by atoms with Crippen molar-refractivity contribution in [2.75, 3.05) is 11.6 Å². The molecule has 0 radical (unpaired) electrons. The van der Waals surface area contributed by atoms with Gasteiger partial charge in [-0.3, -0.25) is 15.5 Å². The Morgan fingerprint density at radius 3 is 2.48 bits per heavy atom. The summed E-state index contributed by atoms with van der Waals surface area (Å²) in [6.07, 6.45) is 0.984. The minimum atomic E-state index is -3.69. The number of halogens is 2. The highest BCUT2D eigenvalue weighted by molar-refractivity contribution is 7.90. The number of carbonyl (C=O) groups excluding carboxylic acids is 1. The van der Waals surface area contributed by atoms with E-state index in [0.717, 1.165) is 18.4 Å². The van der Waals surface area contributed by atoms with Gasteiger partial charge in [-0.25, -0.2) is 12.8 Å². The van der Waals surface area contributed by atoms with E-state index in [1.807, 2.05) is 0 Å². The zero-order valence-electron chi connectivity index (χ0n) is 12.9. The average Bonchev–Trinajstić information content (AvgIpc) is 2.49. The van der Waals surface area contributed by atoms with Crippen LogP contribution in [-0.2, 0) is 9.84 Å². The number of hydrogen-bond donors (Lipinski definition) is 4. The van der Waals surface area contributed by atoms with Crippen LogP contribution in [-0.4, -0.2) is 26.5 Å². The molecule has 10 heteroatoms. The predicted molar refractivity (Wildman–Crippen MR) is 93.6 cm³/mol. The fraction of sp³-hybridized carbons (Fsp3) is 0.0667. The Kier molecular flexibility index (Phi) is 5.29. The van der Waals surface area contributed by atoms with Gasteiger partial charge in [-0.2, -0.15) is 0 Å². The van der Waals surface area contributed by atoms with Gasteiger partial charge in [0.15, 0.2) is 15.8 Å². The van der Waals surface area contributed by atoms with Crippen LogP contribution in [0.3, 0.4) is 0 Å². The molecule has 132 valence electrons. The zero-order chi connectivity index (χ0) is 18.8. The van der Waals surface area contributed by atoms with Crippen molar-refractivity contribution in [2.45, 2.75) is 4.90 Å². The maximum atomic E-state index is 13.2. The first-order valence-corrected chi connectivity index (χ1v) is 9.06. The molecule has 0 bridgehead atoms. The first-order chi connectivity index (χ1) is 11.6. The molecule has 0 heterocycles. The number of anilines is 2. The Balaban J connectivity index is 2.45. The van der Waals surface area contributed by atoms with Crippen LogP contribution >= 0.6 is 11.6 Å². The van der Waals surface area contributed by atoms with Crippen molar-refractivity contribution in [3.63, 3.8) is 0 Å². The van der Waals surface area contributed by atoms with Gasteiger partial charge in [0.1, 0.15) is 5.82 Å². The molecule has 0 spiro atoms. The van der Waals surface area contributed by atoms with Crippen LogP contribution in [0.4, 0.5) is 15.8 Å². The fourth-order valence-corrected chi connectivity index (χ4v) is 3.04. The van der Waals surface area contributed by atoms with Gasteiger partial charge >= 0.3 is 0 Å². The van der Waals surface area contributed by atoms with Crippen LogP contribution < -0.4 is 16.4 Å². The third-order valence-electron chi connectivity index (χ3n) is 3.09. The molecular weight excluding hydrogens is 371 g/mol. The van der Waals surface area contributed by atoms with Gasteiger partial charge in [-0.15, -0.1) is 0 Å². The second kappa shape index (κ2) is 7.08. The first-order valence-electron chi connectivity index (χ1n) is 6.79. The summed E-state index contributed by atoms with van der Waals surface area (Å²) in [6, 6.07) is 7.73. The van der Waals surface area contributed by atoms with Gasteiger partial charge < -0.3 is 11.1 Å². The van der Waals surface area contributed by atoms with Crippen molar-refractivity contribution in [3.8, 4) is 0 Å². The maximum Gasteiger partial charge on any atom is 0.257 e. The molecule has 25 heavy (non-hydrogen) atoms. The van der Waals surface area contributed by atoms with E-state index in [1.54, 1.807) is 0 Å². The minimum Gasteiger partial charge on any atom is -0.370 e. The summed E-state index contributed by atoms with van der Waals surface area (Å²) < 4.78 is 37.3. The van der Waals surface area contributed by atoms with Crippen LogP contribution in [0.5, 0.6) is 0 Å². The van der Waals surface area contributed by atoms with Crippen LogP contribution in [0.1, 0.15) is 10.4 Å². The second-order valence-corrected chi connectivity index (χ2v) is 7.50. The normalized spacial score (nSPS) is 11.0. The fourth-order valence-electron chi connectivity index (χ4n) is 2.00. The Morgan fingerprint density at radius 2 is 1.92 bits per heavy atom. The monoisotopic (exact) mass is 384 g/mol. The van der Waals surface area contributed by atoms with Crippen molar-refractivity contribution in [2.24, 2.45) is 5.73 Å². The van der Waals surface area contributed by atoms with Gasteiger partial charge in [0.05, 0.1) is 15.6 Å². The molecule has 0 atom stereocenters. The van der Waals surface area contributed by atoms with Crippen LogP contribution in [0.2, 0.25) is 5.02 Å². The number of nitrogens with one attached hydrogen (secondary N) is 3. The number of carbonyl (C=O) groups is 1.